The molecule has 1 spiro atoms. The van der Waals surface area contributed by atoms with Gasteiger partial charge in [-0.2, -0.15) is 0 Å². The second-order valence-corrected chi connectivity index (χ2v) is 4.61. The molecule has 1 nitrogen and oxygen atoms in total. The Hall–Kier alpha value is -0.0400. The van der Waals surface area contributed by atoms with Crippen LogP contribution in [-0.4, -0.2) is 10.7 Å². The molecular formula is C10H18O. The molecule has 0 heterocycles. The maximum Gasteiger partial charge on any atom is 0.0650 e. The van der Waals surface area contributed by atoms with E-state index in [4.69, 9.17) is 0 Å². The summed E-state index contributed by atoms with van der Waals surface area (Å²) in [6.07, 6.45) is 8.50. The topological polar surface area (TPSA) is 20.2 Å². The van der Waals surface area contributed by atoms with E-state index >= 15 is 0 Å². The van der Waals surface area contributed by atoms with Crippen LogP contribution in [-0.2, 0) is 0 Å². The van der Waals surface area contributed by atoms with Gasteiger partial charge >= 0.3 is 0 Å². The summed E-state index contributed by atoms with van der Waals surface area (Å²) in [6.45, 7) is 2.11. The van der Waals surface area contributed by atoms with Gasteiger partial charge in [0.25, 0.3) is 0 Å². The summed E-state index contributed by atoms with van der Waals surface area (Å²) in [6, 6.07) is 0. The van der Waals surface area contributed by atoms with Crippen molar-refractivity contribution in [3.05, 3.63) is 0 Å². The van der Waals surface area contributed by atoms with Crippen molar-refractivity contribution in [1.29, 1.82) is 0 Å². The molecule has 1 N–H and O–H groups in total. The van der Waals surface area contributed by atoms with Crippen molar-refractivity contribution < 1.29 is 5.11 Å². The van der Waals surface area contributed by atoms with Gasteiger partial charge in [0, 0.05) is 0 Å². The third-order valence-corrected chi connectivity index (χ3v) is 3.67. The molecule has 0 amide bonds. The van der Waals surface area contributed by atoms with Crippen LogP contribution in [0.25, 0.3) is 0 Å². The lowest BCUT2D eigenvalue weighted by molar-refractivity contribution is -0.0251. The van der Waals surface area contributed by atoms with Gasteiger partial charge in [0.05, 0.1) is 5.60 Å². The molecule has 0 bridgehead atoms. The van der Waals surface area contributed by atoms with Crippen LogP contribution in [0.2, 0.25) is 0 Å². The number of hydrogen-bond acceptors (Lipinski definition) is 1. The van der Waals surface area contributed by atoms with E-state index in [1.807, 2.05) is 0 Å². The van der Waals surface area contributed by atoms with Gasteiger partial charge in [0.15, 0.2) is 0 Å². The Labute approximate surface area is 68.8 Å². The first-order valence-corrected chi connectivity index (χ1v) is 4.91. The number of hydrogen-bond donors (Lipinski definition) is 1. The first-order valence-electron chi connectivity index (χ1n) is 4.91. The van der Waals surface area contributed by atoms with E-state index < -0.39 is 0 Å². The summed E-state index contributed by atoms with van der Waals surface area (Å²) in [5.41, 5.74) is 0.331. The lowest BCUT2D eigenvalue weighted by atomic mass is 9.75. The molecule has 2 saturated carbocycles. The molecule has 0 aliphatic heterocycles. The minimum Gasteiger partial charge on any atom is -0.390 e. The van der Waals surface area contributed by atoms with E-state index in [9.17, 15) is 5.11 Å². The highest BCUT2D eigenvalue weighted by Gasteiger charge is 2.49. The first kappa shape index (κ1) is 7.60. The van der Waals surface area contributed by atoms with Gasteiger partial charge in [-0.1, -0.05) is 13.3 Å². The van der Waals surface area contributed by atoms with Gasteiger partial charge in [0.1, 0.15) is 0 Å². The number of rotatable bonds is 1. The largest absolute Gasteiger partial charge is 0.390 e. The predicted molar refractivity (Wildman–Crippen MR) is 45.4 cm³/mol. The molecule has 1 heteroatoms. The number of aliphatic hydroxyl groups is 1. The summed E-state index contributed by atoms with van der Waals surface area (Å²) >= 11 is 0. The summed E-state index contributed by atoms with van der Waals surface area (Å²) in [4.78, 5) is 0. The van der Waals surface area contributed by atoms with Crippen molar-refractivity contribution in [3.63, 3.8) is 0 Å². The highest BCUT2D eigenvalue weighted by molar-refractivity contribution is 5.02. The fourth-order valence-corrected chi connectivity index (χ4v) is 2.57. The zero-order valence-electron chi connectivity index (χ0n) is 7.40. The van der Waals surface area contributed by atoms with Gasteiger partial charge in [-0.15, -0.1) is 0 Å². The molecule has 2 aliphatic carbocycles. The molecule has 0 aromatic rings. The quantitative estimate of drug-likeness (QED) is 0.615. The maximum absolute atomic E-state index is 10.1. The van der Waals surface area contributed by atoms with E-state index in [2.05, 4.69) is 6.92 Å². The van der Waals surface area contributed by atoms with E-state index in [0.717, 1.165) is 19.3 Å². The minimum atomic E-state index is -0.283. The van der Waals surface area contributed by atoms with Crippen molar-refractivity contribution in [2.75, 3.05) is 0 Å². The Morgan fingerprint density at radius 2 is 1.91 bits per heavy atom. The predicted octanol–water partition coefficient (Wildman–Crippen LogP) is 2.48. The SMILES string of the molecule is CCC1(O)CCCC2(CC2)C1. The molecule has 0 saturated heterocycles. The standard InChI is InChI=1S/C10H18O/c1-2-10(11)5-3-4-9(8-10)6-7-9/h11H,2-8H2,1H3. The lowest BCUT2D eigenvalue weighted by Crippen LogP contribution is -2.35. The van der Waals surface area contributed by atoms with Gasteiger partial charge in [0.2, 0.25) is 0 Å². The van der Waals surface area contributed by atoms with Gasteiger partial charge in [-0.05, 0) is 43.9 Å². The van der Waals surface area contributed by atoms with E-state index in [0.29, 0.717) is 5.41 Å². The molecule has 0 radical (unpaired) electrons. The summed E-state index contributed by atoms with van der Waals surface area (Å²) in [5.74, 6) is 0. The Balaban J connectivity index is 2.03. The summed E-state index contributed by atoms with van der Waals surface area (Å²) < 4.78 is 0. The molecule has 1 atom stereocenters. The van der Waals surface area contributed by atoms with Crippen LogP contribution >= 0.6 is 0 Å². The van der Waals surface area contributed by atoms with Crippen LogP contribution < -0.4 is 0 Å². The molecular weight excluding hydrogens is 136 g/mol. The van der Waals surface area contributed by atoms with Crippen LogP contribution in [0.1, 0.15) is 51.9 Å². The van der Waals surface area contributed by atoms with Crippen LogP contribution in [0.3, 0.4) is 0 Å². The maximum atomic E-state index is 10.1. The molecule has 2 aliphatic rings. The van der Waals surface area contributed by atoms with Crippen molar-refractivity contribution in [1.82, 2.24) is 0 Å². The van der Waals surface area contributed by atoms with Crippen LogP contribution in [0.5, 0.6) is 0 Å². The van der Waals surface area contributed by atoms with Crippen molar-refractivity contribution in [2.24, 2.45) is 5.41 Å². The lowest BCUT2D eigenvalue weighted by Gasteiger charge is -2.36. The third kappa shape index (κ3) is 1.31. The first-order chi connectivity index (χ1) is 5.18. The molecule has 64 valence electrons. The minimum absolute atomic E-state index is 0.283. The zero-order chi connectivity index (χ0) is 7.95. The van der Waals surface area contributed by atoms with E-state index in [1.165, 1.54) is 25.7 Å². The van der Waals surface area contributed by atoms with Gasteiger partial charge in [-0.3, -0.25) is 0 Å². The fraction of sp³-hybridized carbons (Fsp3) is 1.00. The highest BCUT2D eigenvalue weighted by atomic mass is 16.3. The second kappa shape index (κ2) is 2.22. The van der Waals surface area contributed by atoms with Crippen molar-refractivity contribution >= 4 is 0 Å². The summed E-state index contributed by atoms with van der Waals surface area (Å²) in [7, 11) is 0. The smallest absolute Gasteiger partial charge is 0.0650 e. The fourth-order valence-electron chi connectivity index (χ4n) is 2.57. The molecule has 2 rings (SSSR count). The summed E-state index contributed by atoms with van der Waals surface area (Å²) in [5, 5.41) is 10.1. The van der Waals surface area contributed by atoms with Crippen LogP contribution in [0.15, 0.2) is 0 Å². The van der Waals surface area contributed by atoms with Gasteiger partial charge < -0.3 is 5.11 Å². The Morgan fingerprint density at radius 1 is 1.18 bits per heavy atom. The Bertz CT molecular complexity index is 160. The third-order valence-electron chi connectivity index (χ3n) is 3.67. The molecule has 1 unspecified atom stereocenters. The normalized spacial score (nSPS) is 40.9. The van der Waals surface area contributed by atoms with E-state index in [1.54, 1.807) is 0 Å². The molecule has 2 fully saturated rings. The molecule has 11 heavy (non-hydrogen) atoms. The van der Waals surface area contributed by atoms with E-state index in [-0.39, 0.29) is 5.60 Å². The monoisotopic (exact) mass is 154 g/mol. The van der Waals surface area contributed by atoms with Crippen molar-refractivity contribution in [3.8, 4) is 0 Å². The molecule has 0 aromatic carbocycles. The average molecular weight is 154 g/mol. The average Bonchev–Trinajstić information content (AvgIpc) is 2.69. The van der Waals surface area contributed by atoms with Crippen LogP contribution in [0.4, 0.5) is 0 Å². The van der Waals surface area contributed by atoms with Crippen LogP contribution in [0, 0.1) is 5.41 Å². The highest BCUT2D eigenvalue weighted by Crippen LogP contribution is 2.58. The molecule has 0 aromatic heterocycles. The Kier molecular flexibility index (Phi) is 1.54. The Morgan fingerprint density at radius 3 is 2.45 bits per heavy atom. The zero-order valence-corrected chi connectivity index (χ0v) is 7.40. The second-order valence-electron chi connectivity index (χ2n) is 4.61. The van der Waals surface area contributed by atoms with Crippen molar-refractivity contribution in [2.45, 2.75) is 57.5 Å². The van der Waals surface area contributed by atoms with Gasteiger partial charge in [-0.25, -0.2) is 0 Å².